The zero-order chi connectivity index (χ0) is 11.4. The average molecular weight is 204 g/mol. The molecular formula is C12H16N2O. The average Bonchev–Trinajstić information content (AvgIpc) is 2.21. The fourth-order valence-corrected chi connectivity index (χ4v) is 1.27. The predicted molar refractivity (Wildman–Crippen MR) is 62.7 cm³/mol. The molecule has 0 unspecified atom stereocenters. The first-order valence-electron chi connectivity index (χ1n) is 4.78. The number of hydrogen-bond acceptors (Lipinski definition) is 2. The van der Waals surface area contributed by atoms with Gasteiger partial charge in [-0.15, -0.1) is 6.58 Å². The Morgan fingerprint density at radius 2 is 2.27 bits per heavy atom. The molecule has 0 aliphatic carbocycles. The Labute approximate surface area is 90.2 Å². The zero-order valence-corrected chi connectivity index (χ0v) is 9.16. The predicted octanol–water partition coefficient (Wildman–Crippen LogP) is 1.84. The number of nitrogen functional groups attached to an aromatic ring is 1. The van der Waals surface area contributed by atoms with Crippen molar-refractivity contribution in [2.24, 2.45) is 0 Å². The van der Waals surface area contributed by atoms with Crippen LogP contribution in [0, 0.1) is 6.92 Å². The third kappa shape index (κ3) is 2.59. The van der Waals surface area contributed by atoms with Crippen molar-refractivity contribution in [2.75, 3.05) is 19.3 Å². The van der Waals surface area contributed by atoms with Gasteiger partial charge in [-0.3, -0.25) is 4.79 Å². The molecule has 0 aliphatic rings. The molecule has 3 heteroatoms. The number of hydrogen-bond donors (Lipinski definition) is 1. The number of carbonyl (C=O) groups excluding carboxylic acids is 1. The van der Waals surface area contributed by atoms with Gasteiger partial charge in [-0.25, -0.2) is 0 Å². The first-order valence-corrected chi connectivity index (χ1v) is 4.78. The first kappa shape index (κ1) is 11.3. The normalized spacial score (nSPS) is 9.73. The minimum Gasteiger partial charge on any atom is -0.398 e. The molecule has 0 saturated heterocycles. The highest BCUT2D eigenvalue weighted by molar-refractivity contribution is 5.95. The molecular weight excluding hydrogens is 188 g/mol. The van der Waals surface area contributed by atoms with E-state index >= 15 is 0 Å². The summed E-state index contributed by atoms with van der Waals surface area (Å²) >= 11 is 0. The molecule has 0 saturated carbocycles. The highest BCUT2D eigenvalue weighted by Gasteiger charge is 2.10. The van der Waals surface area contributed by atoms with E-state index in [9.17, 15) is 4.79 Å². The fraction of sp³-hybridized carbons (Fsp3) is 0.250. The van der Waals surface area contributed by atoms with E-state index < -0.39 is 0 Å². The van der Waals surface area contributed by atoms with Gasteiger partial charge in [0.15, 0.2) is 0 Å². The van der Waals surface area contributed by atoms with Gasteiger partial charge in [0.05, 0.1) is 0 Å². The lowest BCUT2D eigenvalue weighted by Gasteiger charge is -2.15. The van der Waals surface area contributed by atoms with Crippen LogP contribution in [0.5, 0.6) is 0 Å². The quantitative estimate of drug-likeness (QED) is 0.603. The van der Waals surface area contributed by atoms with Crippen LogP contribution in [-0.4, -0.2) is 24.4 Å². The third-order valence-corrected chi connectivity index (χ3v) is 2.28. The van der Waals surface area contributed by atoms with Gasteiger partial charge >= 0.3 is 0 Å². The molecule has 0 bridgehead atoms. The molecule has 0 aliphatic heterocycles. The summed E-state index contributed by atoms with van der Waals surface area (Å²) in [7, 11) is 1.74. The summed E-state index contributed by atoms with van der Waals surface area (Å²) in [5.74, 6) is -0.0402. The molecule has 2 N–H and O–H groups in total. The second-order valence-corrected chi connectivity index (χ2v) is 3.55. The SMILES string of the molecule is C=CCN(C)C(=O)c1ccc(C)c(N)c1. The van der Waals surface area contributed by atoms with Gasteiger partial charge in [0.25, 0.3) is 5.91 Å². The molecule has 15 heavy (non-hydrogen) atoms. The molecule has 0 heterocycles. The molecule has 3 nitrogen and oxygen atoms in total. The minimum atomic E-state index is -0.0402. The number of nitrogens with two attached hydrogens (primary N) is 1. The van der Waals surface area contributed by atoms with Gasteiger partial charge in [-0.05, 0) is 24.6 Å². The number of nitrogens with zero attached hydrogens (tertiary/aromatic N) is 1. The summed E-state index contributed by atoms with van der Waals surface area (Å²) < 4.78 is 0. The van der Waals surface area contributed by atoms with E-state index in [0.29, 0.717) is 17.8 Å². The lowest BCUT2D eigenvalue weighted by Crippen LogP contribution is -2.26. The van der Waals surface area contributed by atoms with Gasteiger partial charge in [-0.1, -0.05) is 12.1 Å². The number of amides is 1. The van der Waals surface area contributed by atoms with Crippen LogP contribution in [0.2, 0.25) is 0 Å². The maximum Gasteiger partial charge on any atom is 0.253 e. The molecule has 1 aromatic rings. The van der Waals surface area contributed by atoms with Crippen molar-refractivity contribution in [1.29, 1.82) is 0 Å². The third-order valence-electron chi connectivity index (χ3n) is 2.28. The Bertz CT molecular complexity index is 385. The van der Waals surface area contributed by atoms with Crippen molar-refractivity contribution in [2.45, 2.75) is 6.92 Å². The minimum absolute atomic E-state index is 0.0402. The summed E-state index contributed by atoms with van der Waals surface area (Å²) in [6.07, 6.45) is 1.69. The van der Waals surface area contributed by atoms with Crippen molar-refractivity contribution >= 4 is 11.6 Å². The van der Waals surface area contributed by atoms with Gasteiger partial charge in [0.2, 0.25) is 0 Å². The molecule has 1 amide bonds. The second kappa shape index (κ2) is 4.64. The number of benzene rings is 1. The smallest absolute Gasteiger partial charge is 0.253 e. The van der Waals surface area contributed by atoms with E-state index in [4.69, 9.17) is 5.73 Å². The maximum absolute atomic E-state index is 11.8. The summed E-state index contributed by atoms with van der Waals surface area (Å²) in [6.45, 7) is 6.04. The number of aryl methyl sites for hydroxylation is 1. The summed E-state index contributed by atoms with van der Waals surface area (Å²) in [6, 6.07) is 5.34. The van der Waals surface area contributed by atoms with E-state index in [1.54, 1.807) is 30.2 Å². The van der Waals surface area contributed by atoms with Gasteiger partial charge in [-0.2, -0.15) is 0 Å². The first-order chi connectivity index (χ1) is 7.06. The van der Waals surface area contributed by atoms with E-state index in [1.807, 2.05) is 13.0 Å². The molecule has 0 spiro atoms. The van der Waals surface area contributed by atoms with Crippen LogP contribution >= 0.6 is 0 Å². The lowest BCUT2D eigenvalue weighted by molar-refractivity contribution is 0.0810. The summed E-state index contributed by atoms with van der Waals surface area (Å²) in [4.78, 5) is 13.4. The standard InChI is InChI=1S/C12H16N2O/c1-4-7-14(3)12(15)10-6-5-9(2)11(13)8-10/h4-6,8H,1,7,13H2,2-3H3. The number of anilines is 1. The van der Waals surface area contributed by atoms with E-state index in [2.05, 4.69) is 6.58 Å². The topological polar surface area (TPSA) is 46.3 Å². The van der Waals surface area contributed by atoms with Crippen LogP contribution in [0.1, 0.15) is 15.9 Å². The van der Waals surface area contributed by atoms with E-state index in [0.717, 1.165) is 5.56 Å². The summed E-state index contributed by atoms with van der Waals surface area (Å²) in [5, 5.41) is 0. The van der Waals surface area contributed by atoms with Crippen LogP contribution in [0.3, 0.4) is 0 Å². The van der Waals surface area contributed by atoms with Crippen LogP contribution in [0.4, 0.5) is 5.69 Å². The second-order valence-electron chi connectivity index (χ2n) is 3.55. The van der Waals surface area contributed by atoms with Crippen LogP contribution in [0.15, 0.2) is 30.9 Å². The van der Waals surface area contributed by atoms with Gasteiger partial charge < -0.3 is 10.6 Å². The van der Waals surface area contributed by atoms with E-state index in [-0.39, 0.29) is 5.91 Å². The molecule has 1 rings (SSSR count). The molecule has 0 atom stereocenters. The van der Waals surface area contributed by atoms with Crippen molar-refractivity contribution in [1.82, 2.24) is 4.90 Å². The number of carbonyl (C=O) groups is 1. The molecule has 1 aromatic carbocycles. The highest BCUT2D eigenvalue weighted by Crippen LogP contribution is 2.14. The summed E-state index contributed by atoms with van der Waals surface area (Å²) in [5.41, 5.74) is 7.99. The maximum atomic E-state index is 11.8. The van der Waals surface area contributed by atoms with Crippen molar-refractivity contribution < 1.29 is 4.79 Å². The molecule has 80 valence electrons. The number of rotatable bonds is 3. The van der Waals surface area contributed by atoms with Crippen LogP contribution in [-0.2, 0) is 0 Å². The highest BCUT2D eigenvalue weighted by atomic mass is 16.2. The molecule has 0 aromatic heterocycles. The van der Waals surface area contributed by atoms with Gasteiger partial charge in [0, 0.05) is 24.8 Å². The van der Waals surface area contributed by atoms with Crippen molar-refractivity contribution in [3.05, 3.63) is 42.0 Å². The Hall–Kier alpha value is -1.77. The molecule has 0 fully saturated rings. The Kier molecular flexibility index (Phi) is 3.50. The zero-order valence-electron chi connectivity index (χ0n) is 9.16. The Balaban J connectivity index is 2.91. The monoisotopic (exact) mass is 204 g/mol. The van der Waals surface area contributed by atoms with Gasteiger partial charge in [0.1, 0.15) is 0 Å². The molecule has 0 radical (unpaired) electrons. The Morgan fingerprint density at radius 3 is 2.80 bits per heavy atom. The van der Waals surface area contributed by atoms with Crippen LogP contribution in [0.25, 0.3) is 0 Å². The Morgan fingerprint density at radius 1 is 1.60 bits per heavy atom. The van der Waals surface area contributed by atoms with Crippen molar-refractivity contribution in [3.63, 3.8) is 0 Å². The van der Waals surface area contributed by atoms with E-state index in [1.165, 1.54) is 0 Å². The van der Waals surface area contributed by atoms with Crippen molar-refractivity contribution in [3.8, 4) is 0 Å². The fourth-order valence-electron chi connectivity index (χ4n) is 1.27. The largest absolute Gasteiger partial charge is 0.398 e. The number of likely N-dealkylation sites (N-methyl/N-ethyl adjacent to an activating group) is 1. The van der Waals surface area contributed by atoms with Crippen LogP contribution < -0.4 is 5.73 Å². The lowest BCUT2D eigenvalue weighted by atomic mass is 10.1.